The highest BCUT2D eigenvalue weighted by Crippen LogP contribution is 2.72. The average Bonchev–Trinajstić information content (AvgIpc) is 3.44. The second-order valence-electron chi connectivity index (χ2n) is 13.2. The maximum atomic E-state index is 13.4. The molecule has 2 bridgehead atoms. The lowest BCUT2D eigenvalue weighted by Crippen LogP contribution is -2.80. The minimum atomic E-state index is -1.80. The van der Waals surface area contributed by atoms with Crippen molar-refractivity contribution in [2.45, 2.75) is 96.9 Å². The first-order valence-corrected chi connectivity index (χ1v) is 14.3. The zero-order chi connectivity index (χ0) is 31.0. The molecule has 0 radical (unpaired) electrons. The summed E-state index contributed by atoms with van der Waals surface area (Å²) in [5, 5.41) is 11.7. The van der Waals surface area contributed by atoms with Crippen LogP contribution in [0.4, 0.5) is 0 Å². The number of carbonyl (C=O) groups is 4. The molecule has 2 saturated carbocycles. The summed E-state index contributed by atoms with van der Waals surface area (Å²) in [6.07, 6.45) is -1.70. The minimum absolute atomic E-state index is 0.00779. The molecule has 4 aliphatic rings. The van der Waals surface area contributed by atoms with E-state index >= 15 is 0 Å². The van der Waals surface area contributed by atoms with E-state index in [0.29, 0.717) is 11.1 Å². The summed E-state index contributed by atoms with van der Waals surface area (Å²) in [5.41, 5.74) is -3.68. The van der Waals surface area contributed by atoms with Gasteiger partial charge in [0.2, 0.25) is 0 Å². The van der Waals surface area contributed by atoms with Gasteiger partial charge in [0, 0.05) is 43.1 Å². The molecule has 5 rings (SSSR count). The van der Waals surface area contributed by atoms with Crippen molar-refractivity contribution in [1.29, 1.82) is 0 Å². The fraction of sp³-hybridized carbons (Fsp3) is 0.677. The Labute approximate surface area is 244 Å². The molecule has 4 fully saturated rings. The van der Waals surface area contributed by atoms with E-state index in [1.165, 1.54) is 33.5 Å². The van der Waals surface area contributed by atoms with Gasteiger partial charge in [0.1, 0.15) is 23.9 Å². The molecule has 2 saturated heterocycles. The molecule has 1 aromatic rings. The van der Waals surface area contributed by atoms with Gasteiger partial charge in [0.25, 0.3) is 0 Å². The van der Waals surface area contributed by atoms with Gasteiger partial charge in [-0.3, -0.25) is 14.4 Å². The molecule has 2 aliphatic heterocycles. The number of rotatable bonds is 5. The molecule has 0 aromatic carbocycles. The van der Waals surface area contributed by atoms with Crippen molar-refractivity contribution in [3.05, 3.63) is 36.3 Å². The summed E-state index contributed by atoms with van der Waals surface area (Å²) < 4.78 is 35.1. The van der Waals surface area contributed by atoms with Crippen LogP contribution in [0, 0.1) is 28.1 Å². The van der Waals surface area contributed by atoms with Crippen LogP contribution in [-0.2, 0) is 42.9 Å². The molecule has 3 heterocycles. The molecular formula is C31H40O11. The summed E-state index contributed by atoms with van der Waals surface area (Å²) in [6, 6.07) is 1.65. The Balaban J connectivity index is 1.74. The van der Waals surface area contributed by atoms with Gasteiger partial charge in [-0.25, -0.2) is 4.79 Å². The smallest absolute Gasteiger partial charge is 0.339 e. The lowest BCUT2D eigenvalue weighted by atomic mass is 9.40. The number of methoxy groups -OCH3 is 1. The van der Waals surface area contributed by atoms with Crippen molar-refractivity contribution in [2.75, 3.05) is 7.11 Å². The zero-order valence-electron chi connectivity index (χ0n) is 25.1. The number of hydrogen-bond acceptors (Lipinski definition) is 11. The molecule has 11 nitrogen and oxygen atoms in total. The highest BCUT2D eigenvalue weighted by Gasteiger charge is 2.79. The van der Waals surface area contributed by atoms with Crippen LogP contribution < -0.4 is 0 Å². The standard InChI is InChI=1S/C31H40O11/c1-15-19-11-23(40-17(3)33)30(7)26(18-9-10-38-14-18)41-27(36)25(35)31(15,30)42-22-13-21(39-16(2)32)28(4,5)20(29(19,22)6)12-24(34)37-8/h9-10,14,19-23,25-26,35H,1,11-13H2,2-8H3/t19-,20?,21-,22-,23+,25+,26+,29+,30-,31+/m0/s1. The summed E-state index contributed by atoms with van der Waals surface area (Å²) in [6.45, 7) is 14.7. The third-order valence-corrected chi connectivity index (χ3v) is 10.9. The fourth-order valence-electron chi connectivity index (χ4n) is 8.86. The van der Waals surface area contributed by atoms with Gasteiger partial charge in [0.05, 0.1) is 31.2 Å². The predicted molar refractivity (Wildman–Crippen MR) is 144 cm³/mol. The number of cyclic esters (lactones) is 1. The number of aliphatic hydroxyl groups excluding tert-OH is 1. The maximum Gasteiger partial charge on any atom is 0.339 e. The van der Waals surface area contributed by atoms with Crippen LogP contribution in [0.25, 0.3) is 0 Å². The summed E-state index contributed by atoms with van der Waals surface area (Å²) in [7, 11) is 1.32. The monoisotopic (exact) mass is 588 g/mol. The Morgan fingerprint density at radius 3 is 2.29 bits per heavy atom. The number of ether oxygens (including phenoxy) is 5. The van der Waals surface area contributed by atoms with Crippen molar-refractivity contribution in [3.63, 3.8) is 0 Å². The third kappa shape index (κ3) is 3.92. The molecule has 1 unspecified atom stereocenters. The van der Waals surface area contributed by atoms with Crippen LogP contribution in [0.2, 0.25) is 0 Å². The molecule has 1 N–H and O–H groups in total. The molecule has 0 amide bonds. The van der Waals surface area contributed by atoms with E-state index in [9.17, 15) is 24.3 Å². The molecule has 230 valence electrons. The lowest BCUT2D eigenvalue weighted by molar-refractivity contribution is -0.352. The SMILES string of the molecule is C=C1[C@@H]2C[C@@H](OC(C)=O)[C@@]3(C)[C@@H](c4ccoc4)OC(=O)[C@@H](O)[C@]13O[C@H]1C[C@H](OC(C)=O)C(C)(C)C(CC(=O)OC)[C@]12C. The Morgan fingerprint density at radius 1 is 1.07 bits per heavy atom. The highest BCUT2D eigenvalue weighted by molar-refractivity contribution is 5.80. The van der Waals surface area contributed by atoms with E-state index in [2.05, 4.69) is 6.58 Å². The predicted octanol–water partition coefficient (Wildman–Crippen LogP) is 3.44. The van der Waals surface area contributed by atoms with Crippen LogP contribution in [0.3, 0.4) is 0 Å². The van der Waals surface area contributed by atoms with Crippen LogP contribution in [0.1, 0.15) is 72.5 Å². The molecule has 2 aliphatic carbocycles. The van der Waals surface area contributed by atoms with Crippen LogP contribution >= 0.6 is 0 Å². The number of aliphatic hydroxyl groups is 1. The summed E-state index contributed by atoms with van der Waals surface area (Å²) in [5.74, 6) is -3.32. The van der Waals surface area contributed by atoms with Gasteiger partial charge in [-0.2, -0.15) is 0 Å². The number of furan rings is 1. The van der Waals surface area contributed by atoms with Gasteiger partial charge in [-0.1, -0.05) is 27.4 Å². The maximum absolute atomic E-state index is 13.4. The van der Waals surface area contributed by atoms with Gasteiger partial charge in [-0.05, 0) is 36.8 Å². The molecule has 1 spiro atoms. The van der Waals surface area contributed by atoms with Gasteiger partial charge in [-0.15, -0.1) is 0 Å². The van der Waals surface area contributed by atoms with E-state index in [0.717, 1.165) is 0 Å². The first-order valence-electron chi connectivity index (χ1n) is 14.3. The van der Waals surface area contributed by atoms with Crippen LogP contribution in [-0.4, -0.2) is 66.1 Å². The normalized spacial score (nSPS) is 42.0. The Hall–Kier alpha value is -3.18. The van der Waals surface area contributed by atoms with Crippen LogP contribution in [0.5, 0.6) is 0 Å². The molecule has 10 atom stereocenters. The third-order valence-electron chi connectivity index (χ3n) is 10.9. The van der Waals surface area contributed by atoms with Gasteiger partial charge in [0.15, 0.2) is 6.10 Å². The number of hydrogen-bond donors (Lipinski definition) is 1. The van der Waals surface area contributed by atoms with Crippen LogP contribution in [0.15, 0.2) is 35.2 Å². The van der Waals surface area contributed by atoms with Crippen molar-refractivity contribution < 1.29 is 52.4 Å². The fourth-order valence-corrected chi connectivity index (χ4v) is 8.86. The van der Waals surface area contributed by atoms with Crippen molar-refractivity contribution in [1.82, 2.24) is 0 Å². The van der Waals surface area contributed by atoms with E-state index in [1.807, 2.05) is 20.8 Å². The molecule has 42 heavy (non-hydrogen) atoms. The van der Waals surface area contributed by atoms with Gasteiger partial charge >= 0.3 is 23.9 Å². The Morgan fingerprint density at radius 2 is 1.71 bits per heavy atom. The van der Waals surface area contributed by atoms with E-state index in [-0.39, 0.29) is 19.3 Å². The summed E-state index contributed by atoms with van der Waals surface area (Å²) >= 11 is 0. The number of carbonyl (C=O) groups excluding carboxylic acids is 4. The molecule has 11 heteroatoms. The van der Waals surface area contributed by atoms with Crippen molar-refractivity contribution in [3.8, 4) is 0 Å². The van der Waals surface area contributed by atoms with Gasteiger partial charge < -0.3 is 33.2 Å². The average molecular weight is 589 g/mol. The topological polar surface area (TPSA) is 148 Å². The number of fused-ring (bicyclic) bond motifs is 3. The minimum Gasteiger partial charge on any atom is -0.472 e. The van der Waals surface area contributed by atoms with E-state index < -0.39 is 88.1 Å². The second kappa shape index (κ2) is 9.94. The number of esters is 4. The summed E-state index contributed by atoms with van der Waals surface area (Å²) in [4.78, 5) is 51.0. The van der Waals surface area contributed by atoms with Crippen molar-refractivity contribution in [2.24, 2.45) is 28.1 Å². The Kier molecular flexibility index (Phi) is 7.17. The second-order valence-corrected chi connectivity index (χ2v) is 13.2. The first kappa shape index (κ1) is 30.3. The Bertz CT molecular complexity index is 1300. The van der Waals surface area contributed by atoms with Crippen molar-refractivity contribution >= 4 is 23.9 Å². The zero-order valence-corrected chi connectivity index (χ0v) is 25.1. The molecule has 1 aromatic heterocycles. The molecular weight excluding hydrogens is 548 g/mol. The van der Waals surface area contributed by atoms with E-state index in [4.69, 9.17) is 28.1 Å². The largest absolute Gasteiger partial charge is 0.472 e. The quantitative estimate of drug-likeness (QED) is 0.306. The van der Waals surface area contributed by atoms with E-state index in [1.54, 1.807) is 13.0 Å². The lowest BCUT2D eigenvalue weighted by Gasteiger charge is -2.72. The highest BCUT2D eigenvalue weighted by atomic mass is 16.6. The first-order chi connectivity index (χ1) is 19.6.